The van der Waals surface area contributed by atoms with Crippen LogP contribution in [0.4, 0.5) is 0 Å². The van der Waals surface area contributed by atoms with Crippen molar-refractivity contribution in [1.29, 1.82) is 0 Å². The van der Waals surface area contributed by atoms with E-state index >= 15 is 0 Å². The first kappa shape index (κ1) is 78.2. The predicted molar refractivity (Wildman–Crippen MR) is 366 cm³/mol. The van der Waals surface area contributed by atoms with Gasteiger partial charge in [0, 0.05) is 41.2 Å². The third kappa shape index (κ3) is 35.3. The van der Waals surface area contributed by atoms with Crippen LogP contribution in [-0.2, 0) is 68.2 Å². The SMILES string of the molecule is COCCOCCOCCOCCCCCCCCCCOc1cc(C(=O)OCc2ccc3ccc4cccc5ccc2c3c45)cc(OCCCCCCCCCCOCCOCCOCCOC)c1OCCCCCCCCCCOCCOCCOCCOC. The molecular weight excluding hydrogens is 1170 g/mol. The molecule has 17 nitrogen and oxygen atoms in total. The second-order valence-corrected chi connectivity index (χ2v) is 23.5. The van der Waals surface area contributed by atoms with Crippen molar-refractivity contribution in [3.05, 3.63) is 77.9 Å². The number of esters is 1. The molecule has 0 radical (unpaired) electrons. The molecule has 0 aliphatic heterocycles. The highest BCUT2D eigenvalue weighted by Crippen LogP contribution is 2.41. The summed E-state index contributed by atoms with van der Waals surface area (Å²) in [5.74, 6) is 1.18. The van der Waals surface area contributed by atoms with Crippen molar-refractivity contribution >= 4 is 38.3 Å². The molecule has 0 amide bonds. The summed E-state index contributed by atoms with van der Waals surface area (Å²) < 4.78 is 91.5. The topological polar surface area (TPSA) is 165 Å². The molecule has 0 spiro atoms. The maximum absolute atomic E-state index is 14.3. The van der Waals surface area contributed by atoms with E-state index in [4.69, 9.17) is 75.8 Å². The standard InChI is InChI=1S/C75H118O17/c1-77-43-46-83-55-58-86-52-49-80-37-22-16-10-4-7-13-19-25-40-89-70-61-68(75(76)92-63-67-34-33-66-32-31-64-29-28-30-65-35-36-69(67)73(66)72(64)65)62-71(90-41-26-20-14-8-5-11-17-23-38-81-50-53-87-59-56-84-47-44-78-2)74(70)91-42-27-21-15-9-6-12-18-24-39-82-51-54-88-60-57-85-48-45-79-3/h28-36,61-62H,4-27,37-60,63H2,1-3H3. The summed E-state index contributed by atoms with van der Waals surface area (Å²) in [4.78, 5) is 14.3. The average Bonchev–Trinajstić information content (AvgIpc) is 0.749. The minimum absolute atomic E-state index is 0.127. The van der Waals surface area contributed by atoms with Gasteiger partial charge in [-0.3, -0.25) is 0 Å². The number of methoxy groups -OCH3 is 3. The van der Waals surface area contributed by atoms with Crippen molar-refractivity contribution in [3.63, 3.8) is 0 Å². The van der Waals surface area contributed by atoms with Crippen LogP contribution in [0.2, 0.25) is 0 Å². The molecule has 92 heavy (non-hydrogen) atoms. The molecule has 0 fully saturated rings. The number of ether oxygens (including phenoxy) is 16. The zero-order chi connectivity index (χ0) is 64.7. The molecule has 5 aromatic carbocycles. The molecule has 0 heterocycles. The molecule has 17 heteroatoms. The summed E-state index contributed by atoms with van der Waals surface area (Å²) in [6.45, 7) is 14.5. The molecule has 5 aromatic rings. The Bertz CT molecular complexity index is 2450. The summed E-state index contributed by atoms with van der Waals surface area (Å²) in [5.41, 5.74) is 1.34. The van der Waals surface area contributed by atoms with Gasteiger partial charge in [0.2, 0.25) is 5.75 Å². The summed E-state index contributed by atoms with van der Waals surface area (Å²) in [6, 6.07) is 22.9. The summed E-state index contributed by atoms with van der Waals surface area (Å²) in [6.07, 6.45) is 26.7. The average molecular weight is 1290 g/mol. The van der Waals surface area contributed by atoms with Crippen LogP contribution in [-0.4, -0.2) is 186 Å². The van der Waals surface area contributed by atoms with E-state index < -0.39 is 5.97 Å². The Hall–Kier alpha value is -4.47. The minimum atomic E-state index is -0.432. The van der Waals surface area contributed by atoms with E-state index in [0.29, 0.717) is 162 Å². The molecule has 0 saturated carbocycles. The zero-order valence-electron chi connectivity index (χ0n) is 56.9. The Morgan fingerprint density at radius 2 is 0.587 bits per heavy atom. The van der Waals surface area contributed by atoms with Crippen LogP contribution < -0.4 is 14.2 Å². The first-order valence-corrected chi connectivity index (χ1v) is 35.2. The van der Waals surface area contributed by atoms with Crippen LogP contribution in [0.15, 0.2) is 66.7 Å². The van der Waals surface area contributed by atoms with Crippen LogP contribution >= 0.6 is 0 Å². The van der Waals surface area contributed by atoms with Crippen LogP contribution in [0.3, 0.4) is 0 Å². The Balaban J connectivity index is 1.11. The summed E-state index contributed by atoms with van der Waals surface area (Å²) >= 11 is 0. The fraction of sp³-hybridized carbons (Fsp3) is 0.693. The van der Waals surface area contributed by atoms with Gasteiger partial charge in [-0.15, -0.1) is 0 Å². The fourth-order valence-corrected chi connectivity index (χ4v) is 10.9. The molecule has 0 aromatic heterocycles. The third-order valence-corrected chi connectivity index (χ3v) is 16.1. The van der Waals surface area contributed by atoms with Gasteiger partial charge in [0.1, 0.15) is 6.61 Å². The predicted octanol–water partition coefficient (Wildman–Crippen LogP) is 15.5. The molecule has 0 aliphatic rings. The van der Waals surface area contributed by atoms with E-state index in [-0.39, 0.29) is 6.61 Å². The first-order valence-electron chi connectivity index (χ1n) is 35.2. The lowest BCUT2D eigenvalue weighted by atomic mass is 9.92. The Morgan fingerprint density at radius 1 is 0.293 bits per heavy atom. The van der Waals surface area contributed by atoms with Gasteiger partial charge in [-0.2, -0.15) is 0 Å². The van der Waals surface area contributed by atoms with Crippen LogP contribution in [0.5, 0.6) is 17.2 Å². The lowest BCUT2D eigenvalue weighted by Gasteiger charge is -2.19. The molecule has 0 unspecified atom stereocenters. The number of benzene rings is 5. The monoisotopic (exact) mass is 1290 g/mol. The van der Waals surface area contributed by atoms with E-state index in [2.05, 4.69) is 54.6 Å². The maximum Gasteiger partial charge on any atom is 0.338 e. The molecule has 5 rings (SSSR count). The van der Waals surface area contributed by atoms with Crippen molar-refractivity contribution in [1.82, 2.24) is 0 Å². The van der Waals surface area contributed by atoms with E-state index in [0.717, 1.165) is 127 Å². The van der Waals surface area contributed by atoms with Crippen LogP contribution in [0, 0.1) is 0 Å². The number of hydrogen-bond acceptors (Lipinski definition) is 17. The Kier molecular flexibility index (Phi) is 46.6. The molecule has 0 atom stereocenters. The number of carbonyl (C=O) groups is 1. The first-order chi connectivity index (χ1) is 45.6. The quantitative estimate of drug-likeness (QED) is 0.0205. The minimum Gasteiger partial charge on any atom is -0.490 e. The van der Waals surface area contributed by atoms with Crippen molar-refractivity contribution in [2.24, 2.45) is 0 Å². The van der Waals surface area contributed by atoms with E-state index in [1.807, 2.05) is 0 Å². The normalized spacial score (nSPS) is 11.7. The van der Waals surface area contributed by atoms with Crippen molar-refractivity contribution in [2.45, 2.75) is 161 Å². The highest BCUT2D eigenvalue weighted by Gasteiger charge is 2.21. The fourth-order valence-electron chi connectivity index (χ4n) is 10.9. The highest BCUT2D eigenvalue weighted by atomic mass is 16.6. The van der Waals surface area contributed by atoms with Crippen LogP contribution in [0.1, 0.15) is 170 Å². The Morgan fingerprint density at radius 3 is 0.957 bits per heavy atom. The van der Waals surface area contributed by atoms with E-state index in [1.54, 1.807) is 33.5 Å². The van der Waals surface area contributed by atoms with Gasteiger partial charge in [-0.1, -0.05) is 170 Å². The summed E-state index contributed by atoms with van der Waals surface area (Å²) in [5, 5.41) is 7.08. The Labute approximate surface area is 552 Å². The van der Waals surface area contributed by atoms with Gasteiger partial charge in [0.05, 0.1) is 144 Å². The van der Waals surface area contributed by atoms with E-state index in [1.165, 1.54) is 84.7 Å². The third-order valence-electron chi connectivity index (χ3n) is 16.1. The summed E-state index contributed by atoms with van der Waals surface area (Å²) in [7, 11) is 5.00. The number of rotatable bonds is 66. The zero-order valence-corrected chi connectivity index (χ0v) is 56.9. The lowest BCUT2D eigenvalue weighted by Crippen LogP contribution is -2.11. The molecule has 0 aliphatic carbocycles. The second kappa shape index (κ2) is 54.7. The van der Waals surface area contributed by atoms with Crippen LogP contribution in [0.25, 0.3) is 32.3 Å². The number of carbonyl (C=O) groups excluding carboxylic acids is 1. The second-order valence-electron chi connectivity index (χ2n) is 23.5. The lowest BCUT2D eigenvalue weighted by molar-refractivity contribution is 0.00323. The highest BCUT2D eigenvalue weighted by molar-refractivity contribution is 6.23. The van der Waals surface area contributed by atoms with Crippen molar-refractivity contribution in [3.8, 4) is 17.2 Å². The van der Waals surface area contributed by atoms with Gasteiger partial charge in [-0.05, 0) is 88.5 Å². The molecule has 0 N–H and O–H groups in total. The number of hydrogen-bond donors (Lipinski definition) is 0. The number of unbranched alkanes of at least 4 members (excludes halogenated alkanes) is 21. The molecule has 520 valence electrons. The molecular formula is C75H118O17. The van der Waals surface area contributed by atoms with E-state index in [9.17, 15) is 4.79 Å². The smallest absolute Gasteiger partial charge is 0.338 e. The van der Waals surface area contributed by atoms with Gasteiger partial charge in [-0.25, -0.2) is 4.79 Å². The van der Waals surface area contributed by atoms with Gasteiger partial charge >= 0.3 is 5.97 Å². The van der Waals surface area contributed by atoms with Gasteiger partial charge in [0.25, 0.3) is 0 Å². The molecule has 0 bridgehead atoms. The largest absolute Gasteiger partial charge is 0.490 e. The van der Waals surface area contributed by atoms with Crippen molar-refractivity contribution < 1.29 is 80.6 Å². The molecule has 0 saturated heterocycles. The van der Waals surface area contributed by atoms with Crippen molar-refractivity contribution in [2.75, 3.05) is 180 Å². The van der Waals surface area contributed by atoms with Gasteiger partial charge in [0.15, 0.2) is 11.5 Å². The van der Waals surface area contributed by atoms with Gasteiger partial charge < -0.3 is 75.8 Å². The maximum atomic E-state index is 14.3.